The molecular weight excluding hydrogens is 142 g/mol. The van der Waals surface area contributed by atoms with Crippen molar-refractivity contribution < 1.29 is 9.90 Å². The molecule has 64 valence electrons. The maximum Gasteiger partial charge on any atom is 0.135 e. The van der Waals surface area contributed by atoms with Crippen molar-refractivity contribution in [3.63, 3.8) is 0 Å². The highest BCUT2D eigenvalue weighted by molar-refractivity contribution is 5.79. The van der Waals surface area contributed by atoms with Crippen molar-refractivity contribution in [1.82, 2.24) is 5.32 Å². The topological polar surface area (TPSA) is 49.3 Å². The highest BCUT2D eigenvalue weighted by Gasteiger charge is 2.17. The van der Waals surface area contributed by atoms with E-state index in [0.29, 0.717) is 24.7 Å². The molecule has 1 rings (SSSR count). The van der Waals surface area contributed by atoms with E-state index in [-0.39, 0.29) is 6.61 Å². The van der Waals surface area contributed by atoms with Gasteiger partial charge in [-0.15, -0.1) is 0 Å². The molecule has 0 aliphatic carbocycles. The molecule has 0 bridgehead atoms. The van der Waals surface area contributed by atoms with E-state index in [1.165, 1.54) is 0 Å². The van der Waals surface area contributed by atoms with E-state index < -0.39 is 0 Å². The predicted molar refractivity (Wildman–Crippen MR) is 42.4 cm³/mol. The number of rotatable bonds is 3. The molecule has 2 N–H and O–H groups in total. The first-order chi connectivity index (χ1) is 5.33. The Morgan fingerprint density at radius 2 is 2.45 bits per heavy atom. The summed E-state index contributed by atoms with van der Waals surface area (Å²) in [4.78, 5) is 10.9. The largest absolute Gasteiger partial charge is 0.396 e. The average molecular weight is 157 g/mol. The highest BCUT2D eigenvalue weighted by Crippen LogP contribution is 2.08. The summed E-state index contributed by atoms with van der Waals surface area (Å²) in [6, 6.07) is 0.323. The Hall–Kier alpha value is -0.410. The number of piperidine rings is 1. The van der Waals surface area contributed by atoms with Crippen LogP contribution in [0.15, 0.2) is 0 Å². The lowest BCUT2D eigenvalue weighted by Gasteiger charge is -2.21. The van der Waals surface area contributed by atoms with E-state index in [9.17, 15) is 4.79 Å². The lowest BCUT2D eigenvalue weighted by Crippen LogP contribution is -2.38. The van der Waals surface area contributed by atoms with Crippen LogP contribution in [-0.4, -0.2) is 30.1 Å². The number of carbonyl (C=O) groups is 1. The number of aliphatic hydroxyl groups excluding tert-OH is 1. The number of ketones is 1. The van der Waals surface area contributed by atoms with Gasteiger partial charge in [-0.2, -0.15) is 0 Å². The third-order valence-electron chi connectivity index (χ3n) is 2.02. The quantitative estimate of drug-likeness (QED) is 0.610. The molecule has 0 radical (unpaired) electrons. The van der Waals surface area contributed by atoms with Crippen molar-refractivity contribution >= 4 is 5.78 Å². The van der Waals surface area contributed by atoms with Crippen LogP contribution in [-0.2, 0) is 4.79 Å². The van der Waals surface area contributed by atoms with Crippen LogP contribution in [0.5, 0.6) is 0 Å². The fourth-order valence-corrected chi connectivity index (χ4v) is 1.41. The van der Waals surface area contributed by atoms with Crippen LogP contribution in [0.25, 0.3) is 0 Å². The molecule has 11 heavy (non-hydrogen) atoms. The second-order valence-corrected chi connectivity index (χ2v) is 3.01. The van der Waals surface area contributed by atoms with Crippen LogP contribution in [0.1, 0.15) is 25.7 Å². The van der Waals surface area contributed by atoms with Gasteiger partial charge >= 0.3 is 0 Å². The molecule has 1 saturated heterocycles. The first-order valence-corrected chi connectivity index (χ1v) is 4.19. The smallest absolute Gasteiger partial charge is 0.135 e. The van der Waals surface area contributed by atoms with E-state index in [0.717, 1.165) is 19.4 Å². The molecule has 1 aliphatic rings. The molecule has 0 amide bonds. The van der Waals surface area contributed by atoms with Gasteiger partial charge in [0.1, 0.15) is 5.78 Å². The molecule has 1 fully saturated rings. The molecule has 1 atom stereocenters. The first-order valence-electron chi connectivity index (χ1n) is 4.19. The fourth-order valence-electron chi connectivity index (χ4n) is 1.41. The Kier molecular flexibility index (Phi) is 3.52. The minimum atomic E-state index is 0.229. The fraction of sp³-hybridized carbons (Fsp3) is 0.875. The van der Waals surface area contributed by atoms with Gasteiger partial charge in [0.15, 0.2) is 0 Å². The number of hydrogen-bond acceptors (Lipinski definition) is 3. The van der Waals surface area contributed by atoms with E-state index in [1.54, 1.807) is 0 Å². The molecule has 3 heteroatoms. The molecule has 0 saturated carbocycles. The van der Waals surface area contributed by atoms with Gasteiger partial charge in [-0.3, -0.25) is 4.79 Å². The first kappa shape index (κ1) is 8.68. The van der Waals surface area contributed by atoms with Crippen molar-refractivity contribution in [3.05, 3.63) is 0 Å². The van der Waals surface area contributed by atoms with E-state index in [4.69, 9.17) is 5.11 Å². The normalized spacial score (nSPS) is 25.5. The third kappa shape index (κ3) is 2.99. The summed E-state index contributed by atoms with van der Waals surface area (Å²) >= 11 is 0. The number of Topliss-reactive ketones (excluding diaryl/α,β-unsaturated/α-hetero) is 1. The van der Waals surface area contributed by atoms with Crippen LogP contribution in [0, 0.1) is 0 Å². The van der Waals surface area contributed by atoms with E-state index >= 15 is 0 Å². The van der Waals surface area contributed by atoms with E-state index in [1.807, 2.05) is 0 Å². The number of nitrogens with one attached hydrogen (secondary N) is 1. The Labute approximate surface area is 66.8 Å². The van der Waals surface area contributed by atoms with Gasteiger partial charge < -0.3 is 10.4 Å². The molecule has 0 aromatic carbocycles. The minimum Gasteiger partial charge on any atom is -0.396 e. The SMILES string of the molecule is O=C1CCNC(CCCO)C1. The van der Waals surface area contributed by atoms with Crippen molar-refractivity contribution in [3.8, 4) is 0 Å². The zero-order valence-corrected chi connectivity index (χ0v) is 6.68. The van der Waals surface area contributed by atoms with Crippen molar-refractivity contribution in [2.45, 2.75) is 31.7 Å². The summed E-state index contributed by atoms with van der Waals surface area (Å²) in [5, 5.41) is 11.8. The predicted octanol–water partition coefficient (Wildman–Crippen LogP) is 0.0800. The number of aliphatic hydroxyl groups is 1. The molecule has 0 aromatic rings. The summed E-state index contributed by atoms with van der Waals surface area (Å²) in [6.45, 7) is 1.04. The second kappa shape index (κ2) is 4.46. The molecular formula is C8H15NO2. The molecule has 0 aromatic heterocycles. The molecule has 0 spiro atoms. The Morgan fingerprint density at radius 3 is 3.09 bits per heavy atom. The number of hydrogen-bond donors (Lipinski definition) is 2. The number of carbonyl (C=O) groups excluding carboxylic acids is 1. The Bertz CT molecular complexity index is 136. The second-order valence-electron chi connectivity index (χ2n) is 3.01. The van der Waals surface area contributed by atoms with Crippen LogP contribution in [0.2, 0.25) is 0 Å². The van der Waals surface area contributed by atoms with Gasteiger partial charge in [-0.1, -0.05) is 0 Å². The molecule has 1 unspecified atom stereocenters. The summed E-state index contributed by atoms with van der Waals surface area (Å²) in [5.41, 5.74) is 0. The van der Waals surface area contributed by atoms with Gasteiger partial charge in [0, 0.05) is 32.0 Å². The summed E-state index contributed by atoms with van der Waals surface area (Å²) in [5.74, 6) is 0.353. The zero-order chi connectivity index (χ0) is 8.10. The summed E-state index contributed by atoms with van der Waals surface area (Å²) < 4.78 is 0. The van der Waals surface area contributed by atoms with Gasteiger partial charge in [0.05, 0.1) is 0 Å². The Balaban J connectivity index is 2.17. The van der Waals surface area contributed by atoms with Crippen LogP contribution in [0.3, 0.4) is 0 Å². The average Bonchev–Trinajstić information content (AvgIpc) is 2.01. The van der Waals surface area contributed by atoms with Crippen molar-refractivity contribution in [2.75, 3.05) is 13.2 Å². The molecule has 1 aliphatic heterocycles. The lowest BCUT2D eigenvalue weighted by molar-refractivity contribution is -0.120. The summed E-state index contributed by atoms with van der Waals surface area (Å²) in [7, 11) is 0. The minimum absolute atomic E-state index is 0.229. The zero-order valence-electron chi connectivity index (χ0n) is 6.68. The lowest BCUT2D eigenvalue weighted by atomic mass is 10.00. The Morgan fingerprint density at radius 1 is 1.64 bits per heavy atom. The standard InChI is InChI=1S/C8H15NO2/c10-5-1-2-7-6-8(11)3-4-9-7/h7,9-10H,1-6H2. The van der Waals surface area contributed by atoms with Gasteiger partial charge in [0.25, 0.3) is 0 Å². The van der Waals surface area contributed by atoms with Crippen molar-refractivity contribution in [1.29, 1.82) is 0 Å². The van der Waals surface area contributed by atoms with Gasteiger partial charge in [0.2, 0.25) is 0 Å². The third-order valence-corrected chi connectivity index (χ3v) is 2.02. The van der Waals surface area contributed by atoms with Gasteiger partial charge in [-0.25, -0.2) is 0 Å². The van der Waals surface area contributed by atoms with E-state index in [2.05, 4.69) is 5.32 Å². The van der Waals surface area contributed by atoms with Crippen LogP contribution < -0.4 is 5.32 Å². The maximum absolute atomic E-state index is 10.9. The molecule has 3 nitrogen and oxygen atoms in total. The van der Waals surface area contributed by atoms with Gasteiger partial charge in [-0.05, 0) is 12.8 Å². The van der Waals surface area contributed by atoms with Crippen LogP contribution >= 0.6 is 0 Å². The monoisotopic (exact) mass is 157 g/mol. The van der Waals surface area contributed by atoms with Crippen molar-refractivity contribution in [2.24, 2.45) is 0 Å². The highest BCUT2D eigenvalue weighted by atomic mass is 16.2. The summed E-state index contributed by atoms with van der Waals surface area (Å²) in [6.07, 6.45) is 3.04. The molecule has 1 heterocycles. The maximum atomic E-state index is 10.9. The van der Waals surface area contributed by atoms with Crippen LogP contribution in [0.4, 0.5) is 0 Å².